The predicted octanol–water partition coefficient (Wildman–Crippen LogP) is 2.67. The van der Waals surface area contributed by atoms with Crippen LogP contribution in [0.4, 0.5) is 5.82 Å². The standard InChI is InChI=1S/C17H25N5/c1-11-10-19-22-16(20-14-6-5-13(18)8-14)9-15(21-17(11)22)7-12-3-2-4-12/h9-10,12-14,20H,2-8,18H2,1H3/t13-,14-/m0/s1. The van der Waals surface area contributed by atoms with Gasteiger partial charge in [-0.15, -0.1) is 0 Å². The highest BCUT2D eigenvalue weighted by molar-refractivity contribution is 5.54. The van der Waals surface area contributed by atoms with Gasteiger partial charge < -0.3 is 11.1 Å². The van der Waals surface area contributed by atoms with E-state index < -0.39 is 0 Å². The summed E-state index contributed by atoms with van der Waals surface area (Å²) < 4.78 is 1.95. The molecule has 0 amide bonds. The van der Waals surface area contributed by atoms with E-state index in [-0.39, 0.29) is 0 Å². The maximum Gasteiger partial charge on any atom is 0.160 e. The Labute approximate surface area is 131 Å². The monoisotopic (exact) mass is 299 g/mol. The molecule has 2 atom stereocenters. The van der Waals surface area contributed by atoms with Crippen LogP contribution in [0.5, 0.6) is 0 Å². The molecule has 22 heavy (non-hydrogen) atoms. The van der Waals surface area contributed by atoms with Gasteiger partial charge in [0.2, 0.25) is 0 Å². The van der Waals surface area contributed by atoms with E-state index in [0.717, 1.165) is 48.6 Å². The van der Waals surface area contributed by atoms with Gasteiger partial charge in [-0.25, -0.2) is 4.98 Å². The van der Waals surface area contributed by atoms with Gasteiger partial charge in [-0.2, -0.15) is 9.61 Å². The molecule has 5 heteroatoms. The van der Waals surface area contributed by atoms with Crippen LogP contribution in [0.3, 0.4) is 0 Å². The summed E-state index contributed by atoms with van der Waals surface area (Å²) >= 11 is 0. The lowest BCUT2D eigenvalue weighted by molar-refractivity contribution is 0.312. The minimum atomic E-state index is 0.337. The maximum atomic E-state index is 6.04. The SMILES string of the molecule is Cc1cnn2c(N[C@H]3CC[C@H](N)C3)cc(CC3CCC3)nc12. The van der Waals surface area contributed by atoms with Crippen molar-refractivity contribution in [2.75, 3.05) is 5.32 Å². The molecule has 2 saturated carbocycles. The lowest BCUT2D eigenvalue weighted by atomic mass is 9.82. The van der Waals surface area contributed by atoms with Crippen molar-refractivity contribution >= 4 is 11.5 Å². The largest absolute Gasteiger partial charge is 0.367 e. The zero-order valence-electron chi connectivity index (χ0n) is 13.3. The highest BCUT2D eigenvalue weighted by Crippen LogP contribution is 2.30. The highest BCUT2D eigenvalue weighted by atomic mass is 15.3. The van der Waals surface area contributed by atoms with Crippen LogP contribution in [0.1, 0.15) is 49.8 Å². The molecule has 0 bridgehead atoms. The third-order valence-electron chi connectivity index (χ3n) is 5.25. The summed E-state index contributed by atoms with van der Waals surface area (Å²) in [7, 11) is 0. The topological polar surface area (TPSA) is 68.2 Å². The lowest BCUT2D eigenvalue weighted by Crippen LogP contribution is -2.22. The van der Waals surface area contributed by atoms with Gasteiger partial charge in [0.25, 0.3) is 0 Å². The molecule has 0 saturated heterocycles. The first-order valence-electron chi connectivity index (χ1n) is 8.55. The Bertz CT molecular complexity index is 673. The zero-order chi connectivity index (χ0) is 15.1. The number of hydrogen-bond acceptors (Lipinski definition) is 4. The highest BCUT2D eigenvalue weighted by Gasteiger charge is 2.24. The lowest BCUT2D eigenvalue weighted by Gasteiger charge is -2.25. The van der Waals surface area contributed by atoms with Crippen LogP contribution in [0.25, 0.3) is 5.65 Å². The first-order chi connectivity index (χ1) is 10.7. The van der Waals surface area contributed by atoms with Crippen LogP contribution in [-0.2, 0) is 6.42 Å². The van der Waals surface area contributed by atoms with E-state index in [1.807, 2.05) is 10.7 Å². The predicted molar refractivity (Wildman–Crippen MR) is 88.0 cm³/mol. The van der Waals surface area contributed by atoms with Crippen LogP contribution in [0.15, 0.2) is 12.3 Å². The van der Waals surface area contributed by atoms with Crippen LogP contribution < -0.4 is 11.1 Å². The van der Waals surface area contributed by atoms with Crippen molar-refractivity contribution in [2.45, 2.75) is 64.0 Å². The van der Waals surface area contributed by atoms with Crippen LogP contribution >= 0.6 is 0 Å². The molecule has 118 valence electrons. The van der Waals surface area contributed by atoms with Crippen molar-refractivity contribution < 1.29 is 0 Å². The van der Waals surface area contributed by atoms with Gasteiger partial charge in [0.15, 0.2) is 5.65 Å². The molecule has 2 heterocycles. The number of nitrogens with one attached hydrogen (secondary N) is 1. The number of fused-ring (bicyclic) bond motifs is 1. The molecule has 0 radical (unpaired) electrons. The molecule has 5 nitrogen and oxygen atoms in total. The average Bonchev–Trinajstić information content (AvgIpc) is 3.02. The minimum Gasteiger partial charge on any atom is -0.367 e. The fraction of sp³-hybridized carbons (Fsp3) is 0.647. The Kier molecular flexibility index (Phi) is 3.53. The second-order valence-corrected chi connectivity index (χ2v) is 7.11. The van der Waals surface area contributed by atoms with Crippen LogP contribution in [-0.4, -0.2) is 26.7 Å². The number of rotatable bonds is 4. The number of aromatic nitrogens is 3. The van der Waals surface area contributed by atoms with Crippen molar-refractivity contribution in [1.29, 1.82) is 0 Å². The molecule has 2 aliphatic carbocycles. The van der Waals surface area contributed by atoms with E-state index in [1.165, 1.54) is 25.0 Å². The van der Waals surface area contributed by atoms with E-state index in [2.05, 4.69) is 23.4 Å². The summed E-state index contributed by atoms with van der Waals surface area (Å²) in [6.45, 7) is 2.08. The minimum absolute atomic E-state index is 0.337. The Morgan fingerprint density at radius 1 is 1.32 bits per heavy atom. The van der Waals surface area contributed by atoms with Gasteiger partial charge in [-0.3, -0.25) is 0 Å². The van der Waals surface area contributed by atoms with Gasteiger partial charge in [0.1, 0.15) is 5.82 Å². The fourth-order valence-corrected chi connectivity index (χ4v) is 3.68. The second-order valence-electron chi connectivity index (χ2n) is 7.11. The quantitative estimate of drug-likeness (QED) is 0.911. The van der Waals surface area contributed by atoms with E-state index in [4.69, 9.17) is 10.7 Å². The number of hydrogen-bond donors (Lipinski definition) is 2. The zero-order valence-corrected chi connectivity index (χ0v) is 13.3. The molecule has 2 aliphatic rings. The van der Waals surface area contributed by atoms with Crippen molar-refractivity contribution in [3.8, 4) is 0 Å². The van der Waals surface area contributed by atoms with Crippen molar-refractivity contribution in [3.63, 3.8) is 0 Å². The van der Waals surface area contributed by atoms with Crippen molar-refractivity contribution in [3.05, 3.63) is 23.5 Å². The molecule has 2 aromatic rings. The summed E-state index contributed by atoms with van der Waals surface area (Å²) in [5.74, 6) is 1.90. The third-order valence-corrected chi connectivity index (χ3v) is 5.25. The molecule has 0 unspecified atom stereocenters. The maximum absolute atomic E-state index is 6.04. The summed E-state index contributed by atoms with van der Waals surface area (Å²) in [5, 5.41) is 8.15. The molecule has 2 fully saturated rings. The Balaban J connectivity index is 1.64. The smallest absolute Gasteiger partial charge is 0.160 e. The van der Waals surface area contributed by atoms with Gasteiger partial charge in [0.05, 0.1) is 6.20 Å². The van der Waals surface area contributed by atoms with E-state index >= 15 is 0 Å². The van der Waals surface area contributed by atoms with Crippen molar-refractivity contribution in [1.82, 2.24) is 14.6 Å². The van der Waals surface area contributed by atoms with E-state index in [1.54, 1.807) is 0 Å². The summed E-state index contributed by atoms with van der Waals surface area (Å²) in [4.78, 5) is 4.84. The first kappa shape index (κ1) is 14.0. The second kappa shape index (κ2) is 5.54. The molecule has 2 aromatic heterocycles. The summed E-state index contributed by atoms with van der Waals surface area (Å²) in [6, 6.07) is 2.99. The van der Waals surface area contributed by atoms with Crippen molar-refractivity contribution in [2.24, 2.45) is 11.7 Å². The summed E-state index contributed by atoms with van der Waals surface area (Å²) in [6.07, 6.45) is 10.4. The Morgan fingerprint density at radius 2 is 2.18 bits per heavy atom. The van der Waals surface area contributed by atoms with Gasteiger partial charge in [0, 0.05) is 29.4 Å². The van der Waals surface area contributed by atoms with Crippen LogP contribution in [0.2, 0.25) is 0 Å². The van der Waals surface area contributed by atoms with E-state index in [0.29, 0.717) is 12.1 Å². The molecule has 0 spiro atoms. The normalized spacial score (nSPS) is 25.5. The number of anilines is 1. The average molecular weight is 299 g/mol. The van der Waals surface area contributed by atoms with E-state index in [9.17, 15) is 0 Å². The molecule has 3 N–H and O–H groups in total. The molecular weight excluding hydrogens is 274 g/mol. The first-order valence-corrected chi connectivity index (χ1v) is 8.55. The van der Waals surface area contributed by atoms with Gasteiger partial charge in [-0.05, 0) is 38.5 Å². The third kappa shape index (κ3) is 2.58. The van der Waals surface area contributed by atoms with Gasteiger partial charge in [-0.1, -0.05) is 19.3 Å². The molecule has 0 aromatic carbocycles. The Hall–Kier alpha value is -1.62. The number of nitrogens with two attached hydrogens (primary N) is 1. The molecule has 4 rings (SSSR count). The number of aryl methyl sites for hydroxylation is 1. The summed E-state index contributed by atoms with van der Waals surface area (Å²) in [5.41, 5.74) is 9.37. The van der Waals surface area contributed by atoms with Gasteiger partial charge >= 0.3 is 0 Å². The molecular formula is C17H25N5. The Morgan fingerprint density at radius 3 is 2.86 bits per heavy atom. The number of nitrogens with zero attached hydrogens (tertiary/aromatic N) is 3. The molecule has 0 aliphatic heterocycles. The fourth-order valence-electron chi connectivity index (χ4n) is 3.68. The van der Waals surface area contributed by atoms with Crippen LogP contribution in [0, 0.1) is 12.8 Å².